The van der Waals surface area contributed by atoms with Crippen molar-refractivity contribution >= 4 is 22.9 Å². The van der Waals surface area contributed by atoms with E-state index in [1.807, 2.05) is 6.07 Å². The lowest BCUT2D eigenvalue weighted by atomic mass is 10.0. The molecule has 0 aliphatic rings. The summed E-state index contributed by atoms with van der Waals surface area (Å²) in [6.07, 6.45) is 3.31. The highest BCUT2D eigenvalue weighted by Crippen LogP contribution is 2.21. The second-order valence-electron chi connectivity index (χ2n) is 4.70. The third-order valence-corrected chi connectivity index (χ3v) is 4.54. The molecule has 1 heterocycles. The van der Waals surface area contributed by atoms with E-state index >= 15 is 0 Å². The zero-order valence-electron chi connectivity index (χ0n) is 11.2. The molecule has 0 bridgehead atoms. The Morgan fingerprint density at radius 1 is 1.16 bits per heavy atom. The fourth-order valence-electron chi connectivity index (χ4n) is 2.15. The van der Waals surface area contributed by atoms with Crippen LogP contribution >= 0.6 is 22.9 Å². The zero-order chi connectivity index (χ0) is 13.5. The van der Waals surface area contributed by atoms with Crippen molar-refractivity contribution in [2.75, 3.05) is 6.54 Å². The van der Waals surface area contributed by atoms with Crippen LogP contribution in [0.4, 0.5) is 0 Å². The number of halogens is 1. The number of benzene rings is 1. The molecule has 1 N–H and O–H groups in total. The fourth-order valence-corrected chi connectivity index (χ4v) is 3.23. The van der Waals surface area contributed by atoms with E-state index in [4.69, 9.17) is 11.6 Å². The Morgan fingerprint density at radius 2 is 1.95 bits per heavy atom. The van der Waals surface area contributed by atoms with Gasteiger partial charge in [-0.05, 0) is 37.0 Å². The van der Waals surface area contributed by atoms with Crippen molar-refractivity contribution in [1.29, 1.82) is 0 Å². The summed E-state index contributed by atoms with van der Waals surface area (Å²) in [7, 11) is 0. The Hall–Kier alpha value is -0.830. The molecule has 0 saturated carbocycles. The molecule has 19 heavy (non-hydrogen) atoms. The van der Waals surface area contributed by atoms with Crippen molar-refractivity contribution in [3.63, 3.8) is 0 Å². The van der Waals surface area contributed by atoms with Gasteiger partial charge in [0.15, 0.2) is 0 Å². The van der Waals surface area contributed by atoms with Crippen molar-refractivity contribution in [1.82, 2.24) is 5.32 Å². The molecular formula is C16H20ClNS. The highest BCUT2D eigenvalue weighted by Gasteiger charge is 2.06. The van der Waals surface area contributed by atoms with Crippen LogP contribution in [0.5, 0.6) is 0 Å². The molecule has 1 unspecified atom stereocenters. The molecule has 1 atom stereocenters. The normalized spacial score (nSPS) is 12.5. The van der Waals surface area contributed by atoms with Crippen LogP contribution in [0.1, 0.15) is 23.8 Å². The molecule has 0 aliphatic carbocycles. The van der Waals surface area contributed by atoms with Crippen molar-refractivity contribution in [2.45, 2.75) is 32.2 Å². The summed E-state index contributed by atoms with van der Waals surface area (Å²) in [5.74, 6) is 0. The monoisotopic (exact) mass is 293 g/mol. The van der Waals surface area contributed by atoms with Gasteiger partial charge in [0.2, 0.25) is 0 Å². The summed E-state index contributed by atoms with van der Waals surface area (Å²) in [5.41, 5.74) is 1.40. The quantitative estimate of drug-likeness (QED) is 0.789. The Kier molecular flexibility index (Phi) is 5.90. The summed E-state index contributed by atoms with van der Waals surface area (Å²) >= 11 is 7.61. The molecule has 102 valence electrons. The van der Waals surface area contributed by atoms with Gasteiger partial charge in [0.1, 0.15) is 0 Å². The van der Waals surface area contributed by atoms with Gasteiger partial charge in [-0.2, -0.15) is 0 Å². The lowest BCUT2D eigenvalue weighted by molar-refractivity contribution is 0.499. The minimum atomic E-state index is 0.554. The first kappa shape index (κ1) is 14.6. The molecule has 1 aromatic heterocycles. The predicted octanol–water partition coefficient (Wildman–Crippen LogP) is 4.55. The van der Waals surface area contributed by atoms with Gasteiger partial charge in [-0.1, -0.05) is 48.9 Å². The van der Waals surface area contributed by atoms with Gasteiger partial charge in [0.05, 0.1) is 4.34 Å². The smallest absolute Gasteiger partial charge is 0.0931 e. The van der Waals surface area contributed by atoms with Crippen LogP contribution in [-0.4, -0.2) is 12.6 Å². The number of hydrogen-bond donors (Lipinski definition) is 1. The van der Waals surface area contributed by atoms with Crippen molar-refractivity contribution in [3.05, 3.63) is 57.2 Å². The van der Waals surface area contributed by atoms with E-state index in [0.29, 0.717) is 6.04 Å². The minimum absolute atomic E-state index is 0.554. The Morgan fingerprint density at radius 3 is 2.58 bits per heavy atom. The Bertz CT molecular complexity index is 481. The lowest BCUT2D eigenvalue weighted by Crippen LogP contribution is -2.32. The molecule has 2 aromatic rings. The largest absolute Gasteiger partial charge is 0.313 e. The van der Waals surface area contributed by atoms with Crippen LogP contribution in [-0.2, 0) is 12.8 Å². The average Bonchev–Trinajstić information content (AvgIpc) is 2.84. The first-order chi connectivity index (χ1) is 9.28. The average molecular weight is 294 g/mol. The minimum Gasteiger partial charge on any atom is -0.313 e. The van der Waals surface area contributed by atoms with Crippen LogP contribution in [0, 0.1) is 0 Å². The van der Waals surface area contributed by atoms with E-state index in [9.17, 15) is 0 Å². The Labute approximate surface area is 124 Å². The highest BCUT2D eigenvalue weighted by molar-refractivity contribution is 7.16. The van der Waals surface area contributed by atoms with Crippen LogP contribution in [0.2, 0.25) is 4.34 Å². The fraction of sp³-hybridized carbons (Fsp3) is 0.375. The van der Waals surface area contributed by atoms with E-state index < -0.39 is 0 Å². The van der Waals surface area contributed by atoms with Crippen LogP contribution < -0.4 is 5.32 Å². The summed E-state index contributed by atoms with van der Waals surface area (Å²) < 4.78 is 0.881. The number of hydrogen-bond acceptors (Lipinski definition) is 2. The molecule has 0 fully saturated rings. The lowest BCUT2D eigenvalue weighted by Gasteiger charge is -2.16. The Balaban J connectivity index is 1.76. The number of rotatable bonds is 7. The molecule has 0 spiro atoms. The molecule has 1 nitrogen and oxygen atoms in total. The molecule has 2 rings (SSSR count). The van der Waals surface area contributed by atoms with Gasteiger partial charge in [-0.3, -0.25) is 0 Å². The first-order valence-corrected chi connectivity index (χ1v) is 7.99. The van der Waals surface area contributed by atoms with Crippen molar-refractivity contribution in [3.8, 4) is 0 Å². The number of nitrogens with one attached hydrogen (secondary N) is 1. The van der Waals surface area contributed by atoms with Crippen LogP contribution in [0.15, 0.2) is 42.5 Å². The van der Waals surface area contributed by atoms with Gasteiger partial charge >= 0.3 is 0 Å². The predicted molar refractivity (Wildman–Crippen MR) is 85.3 cm³/mol. The van der Waals surface area contributed by atoms with E-state index in [-0.39, 0.29) is 0 Å². The number of thiophene rings is 1. The van der Waals surface area contributed by atoms with Crippen molar-refractivity contribution in [2.24, 2.45) is 0 Å². The second kappa shape index (κ2) is 7.68. The van der Waals surface area contributed by atoms with Gasteiger partial charge in [-0.15, -0.1) is 11.3 Å². The molecule has 0 amide bonds. The summed E-state index contributed by atoms with van der Waals surface area (Å²) in [6, 6.07) is 15.3. The maximum absolute atomic E-state index is 5.93. The van der Waals surface area contributed by atoms with E-state index in [2.05, 4.69) is 48.6 Å². The van der Waals surface area contributed by atoms with Gasteiger partial charge in [0.25, 0.3) is 0 Å². The standard InChI is InChI=1S/C16H20ClNS/c1-2-14(12-13-6-4-3-5-7-13)18-11-10-15-8-9-16(17)19-15/h3-9,14,18H,2,10-12H2,1H3. The first-order valence-electron chi connectivity index (χ1n) is 6.79. The maximum atomic E-state index is 5.93. The van der Waals surface area contributed by atoms with Gasteiger partial charge in [0, 0.05) is 17.5 Å². The van der Waals surface area contributed by atoms with Crippen molar-refractivity contribution < 1.29 is 0 Å². The summed E-state index contributed by atoms with van der Waals surface area (Å²) in [4.78, 5) is 1.35. The van der Waals surface area contributed by atoms with E-state index in [1.54, 1.807) is 11.3 Å². The third-order valence-electron chi connectivity index (χ3n) is 3.25. The van der Waals surface area contributed by atoms with Gasteiger partial charge in [-0.25, -0.2) is 0 Å². The molecule has 1 aromatic carbocycles. The highest BCUT2D eigenvalue weighted by atomic mass is 35.5. The zero-order valence-corrected chi connectivity index (χ0v) is 12.8. The second-order valence-corrected chi connectivity index (χ2v) is 6.50. The molecule has 0 saturated heterocycles. The topological polar surface area (TPSA) is 12.0 Å². The molecular weight excluding hydrogens is 274 g/mol. The molecule has 0 radical (unpaired) electrons. The molecule has 3 heteroatoms. The SMILES string of the molecule is CCC(Cc1ccccc1)NCCc1ccc(Cl)s1. The summed E-state index contributed by atoms with van der Waals surface area (Å²) in [6.45, 7) is 3.25. The summed E-state index contributed by atoms with van der Waals surface area (Å²) in [5, 5.41) is 3.64. The van der Waals surface area contributed by atoms with E-state index in [0.717, 1.165) is 30.1 Å². The van der Waals surface area contributed by atoms with Crippen LogP contribution in [0.3, 0.4) is 0 Å². The van der Waals surface area contributed by atoms with Gasteiger partial charge < -0.3 is 5.32 Å². The maximum Gasteiger partial charge on any atom is 0.0931 e. The van der Waals surface area contributed by atoms with Crippen LogP contribution in [0.25, 0.3) is 0 Å². The van der Waals surface area contributed by atoms with E-state index in [1.165, 1.54) is 10.4 Å². The third kappa shape index (κ3) is 4.98. The molecule has 0 aliphatic heterocycles.